The van der Waals surface area contributed by atoms with E-state index in [1.807, 2.05) is 20.0 Å². The van der Waals surface area contributed by atoms with Crippen LogP contribution in [0, 0.1) is 0 Å². The van der Waals surface area contributed by atoms with Crippen molar-refractivity contribution >= 4 is 0 Å². The summed E-state index contributed by atoms with van der Waals surface area (Å²) in [5.41, 5.74) is 4.98. The van der Waals surface area contributed by atoms with E-state index < -0.39 is 0 Å². The lowest BCUT2D eigenvalue weighted by Crippen LogP contribution is -2.08. The highest BCUT2D eigenvalue weighted by molar-refractivity contribution is 5.31. The van der Waals surface area contributed by atoms with Crippen LogP contribution in [0.5, 0.6) is 0 Å². The van der Waals surface area contributed by atoms with E-state index in [1.165, 1.54) is 11.3 Å². The zero-order valence-corrected chi connectivity index (χ0v) is 10.3. The Morgan fingerprint density at radius 3 is 2.56 bits per heavy atom. The Kier molecular flexibility index (Phi) is 4.84. The minimum Gasteiger partial charge on any atom is -0.391 e. The van der Waals surface area contributed by atoms with Gasteiger partial charge >= 0.3 is 0 Å². The summed E-state index contributed by atoms with van der Waals surface area (Å²) in [6, 6.07) is 0. The Hall–Kier alpha value is -1.50. The molecule has 1 N–H and O–H groups in total. The number of rotatable bonds is 5. The van der Waals surface area contributed by atoms with E-state index in [2.05, 4.69) is 36.7 Å². The van der Waals surface area contributed by atoms with Crippen LogP contribution >= 0.6 is 0 Å². The highest BCUT2D eigenvalue weighted by Gasteiger charge is 2.05. The first-order chi connectivity index (χ1) is 7.61. The Labute approximate surface area is 98.9 Å². The minimum absolute atomic E-state index is 0.970. The zero-order valence-electron chi connectivity index (χ0n) is 10.3. The van der Waals surface area contributed by atoms with Crippen molar-refractivity contribution in [3.63, 3.8) is 0 Å². The molecule has 0 bridgehead atoms. The highest BCUT2D eigenvalue weighted by atomic mass is 14.8. The summed E-state index contributed by atoms with van der Waals surface area (Å²) in [4.78, 5) is 0. The van der Waals surface area contributed by atoms with E-state index in [9.17, 15) is 0 Å². The van der Waals surface area contributed by atoms with Crippen LogP contribution in [0.25, 0.3) is 0 Å². The van der Waals surface area contributed by atoms with Crippen LogP contribution < -0.4 is 5.32 Å². The molecule has 1 nitrogen and oxygen atoms in total. The van der Waals surface area contributed by atoms with Gasteiger partial charge in [-0.15, -0.1) is 0 Å². The molecule has 0 spiro atoms. The Morgan fingerprint density at radius 2 is 2.06 bits per heavy atom. The fourth-order valence-electron chi connectivity index (χ4n) is 1.65. The molecule has 0 aliphatic heterocycles. The van der Waals surface area contributed by atoms with Crippen LogP contribution in [0.3, 0.4) is 0 Å². The average Bonchev–Trinajstić information content (AvgIpc) is 2.27. The van der Waals surface area contributed by atoms with Crippen molar-refractivity contribution in [3.05, 3.63) is 59.9 Å². The fraction of sp³-hybridized carbons (Fsp3) is 0.333. The predicted molar refractivity (Wildman–Crippen MR) is 72.2 cm³/mol. The maximum absolute atomic E-state index is 4.05. The summed E-state index contributed by atoms with van der Waals surface area (Å²) in [6.45, 7) is 9.88. The van der Waals surface area contributed by atoms with Crippen molar-refractivity contribution < 1.29 is 0 Å². The van der Waals surface area contributed by atoms with E-state index in [-0.39, 0.29) is 0 Å². The quantitative estimate of drug-likeness (QED) is 0.686. The second-order valence-corrected chi connectivity index (χ2v) is 4.28. The third-order valence-corrected chi connectivity index (χ3v) is 2.61. The van der Waals surface area contributed by atoms with Gasteiger partial charge in [-0.3, -0.25) is 0 Å². The standard InChI is InChI=1S/C15H21N/c1-12(2)5-6-13(3)11-14-7-9-15(16-4)10-8-14/h5-7,9,16H,1,3,8,10-11H2,2,4H3/b6-5-. The van der Waals surface area contributed by atoms with Crippen LogP contribution in [0.15, 0.2) is 59.9 Å². The largest absolute Gasteiger partial charge is 0.391 e. The number of nitrogens with one attached hydrogen (secondary N) is 1. The van der Waals surface area contributed by atoms with Gasteiger partial charge in [-0.05, 0) is 32.3 Å². The second kappa shape index (κ2) is 6.16. The second-order valence-electron chi connectivity index (χ2n) is 4.28. The van der Waals surface area contributed by atoms with Gasteiger partial charge in [0.15, 0.2) is 0 Å². The van der Waals surface area contributed by atoms with Crippen molar-refractivity contribution in [1.82, 2.24) is 5.32 Å². The molecule has 0 fully saturated rings. The molecule has 0 saturated heterocycles. The summed E-state index contributed by atoms with van der Waals surface area (Å²) >= 11 is 0. The molecule has 1 rings (SSSR count). The monoisotopic (exact) mass is 215 g/mol. The molecule has 1 aliphatic carbocycles. The molecule has 0 heterocycles. The lowest BCUT2D eigenvalue weighted by molar-refractivity contribution is 0.798. The molecular weight excluding hydrogens is 194 g/mol. The van der Waals surface area contributed by atoms with Gasteiger partial charge in [0.1, 0.15) is 0 Å². The first kappa shape index (κ1) is 12.6. The first-order valence-corrected chi connectivity index (χ1v) is 5.69. The van der Waals surface area contributed by atoms with Gasteiger partial charge in [-0.25, -0.2) is 0 Å². The Balaban J connectivity index is 2.50. The van der Waals surface area contributed by atoms with Crippen molar-refractivity contribution in [2.24, 2.45) is 0 Å². The molecule has 0 atom stereocenters. The lowest BCUT2D eigenvalue weighted by atomic mass is 9.96. The summed E-state index contributed by atoms with van der Waals surface area (Å²) in [5.74, 6) is 0. The van der Waals surface area contributed by atoms with Crippen LogP contribution in [-0.2, 0) is 0 Å². The van der Waals surface area contributed by atoms with E-state index in [0.717, 1.165) is 30.4 Å². The fourth-order valence-corrected chi connectivity index (χ4v) is 1.65. The molecule has 0 saturated carbocycles. The van der Waals surface area contributed by atoms with Gasteiger partial charge in [-0.1, -0.05) is 48.1 Å². The summed E-state index contributed by atoms with van der Waals surface area (Å²) in [7, 11) is 1.97. The van der Waals surface area contributed by atoms with E-state index in [1.54, 1.807) is 0 Å². The lowest BCUT2D eigenvalue weighted by Gasteiger charge is -2.14. The van der Waals surface area contributed by atoms with Crippen molar-refractivity contribution in [1.29, 1.82) is 0 Å². The maximum Gasteiger partial charge on any atom is 0.0107 e. The van der Waals surface area contributed by atoms with Crippen molar-refractivity contribution in [3.8, 4) is 0 Å². The zero-order chi connectivity index (χ0) is 12.0. The predicted octanol–water partition coefficient (Wildman–Crippen LogP) is 3.89. The molecule has 0 aromatic carbocycles. The van der Waals surface area contributed by atoms with Gasteiger partial charge in [0.05, 0.1) is 0 Å². The van der Waals surface area contributed by atoms with Gasteiger partial charge in [0.25, 0.3) is 0 Å². The van der Waals surface area contributed by atoms with Crippen LogP contribution in [0.4, 0.5) is 0 Å². The number of hydrogen-bond acceptors (Lipinski definition) is 1. The van der Waals surface area contributed by atoms with Gasteiger partial charge in [0.2, 0.25) is 0 Å². The van der Waals surface area contributed by atoms with E-state index >= 15 is 0 Å². The van der Waals surface area contributed by atoms with Gasteiger partial charge in [0, 0.05) is 12.7 Å². The summed E-state index contributed by atoms with van der Waals surface area (Å²) in [5, 5.41) is 3.19. The minimum atomic E-state index is 0.970. The van der Waals surface area contributed by atoms with Crippen molar-refractivity contribution in [2.75, 3.05) is 7.05 Å². The molecule has 0 aromatic heterocycles. The maximum atomic E-state index is 4.05. The molecule has 1 aliphatic rings. The van der Waals surface area contributed by atoms with Crippen LogP contribution in [0.2, 0.25) is 0 Å². The SMILES string of the molecule is C=C(C)/C=C\C(=C)CC1=CC=C(NC)CC1. The molecule has 16 heavy (non-hydrogen) atoms. The molecule has 0 amide bonds. The Morgan fingerprint density at radius 1 is 1.31 bits per heavy atom. The summed E-state index contributed by atoms with van der Waals surface area (Å²) < 4.78 is 0. The van der Waals surface area contributed by atoms with Gasteiger partial charge in [-0.2, -0.15) is 0 Å². The van der Waals surface area contributed by atoms with Crippen LogP contribution in [-0.4, -0.2) is 7.05 Å². The third kappa shape index (κ3) is 4.35. The Bertz CT molecular complexity index is 367. The molecule has 0 unspecified atom stereocenters. The van der Waals surface area contributed by atoms with Crippen molar-refractivity contribution in [2.45, 2.75) is 26.2 Å². The van der Waals surface area contributed by atoms with E-state index in [0.29, 0.717) is 0 Å². The highest BCUT2D eigenvalue weighted by Crippen LogP contribution is 2.22. The molecule has 1 heteroatoms. The number of allylic oxidation sites excluding steroid dienone is 8. The molecular formula is C15H21N. The molecule has 86 valence electrons. The smallest absolute Gasteiger partial charge is 0.0107 e. The summed E-state index contributed by atoms with van der Waals surface area (Å²) in [6.07, 6.45) is 11.6. The van der Waals surface area contributed by atoms with E-state index in [4.69, 9.17) is 0 Å². The topological polar surface area (TPSA) is 12.0 Å². The molecule has 0 radical (unpaired) electrons. The molecule has 0 aromatic rings. The number of hydrogen-bond donors (Lipinski definition) is 1. The van der Waals surface area contributed by atoms with Gasteiger partial charge < -0.3 is 5.32 Å². The normalized spacial score (nSPS) is 15.6. The average molecular weight is 215 g/mol. The van der Waals surface area contributed by atoms with Crippen LogP contribution in [0.1, 0.15) is 26.2 Å². The third-order valence-electron chi connectivity index (χ3n) is 2.61. The first-order valence-electron chi connectivity index (χ1n) is 5.69.